The Bertz CT molecular complexity index is 794. The molecule has 6 heteroatoms. The zero-order chi connectivity index (χ0) is 17.5. The summed E-state index contributed by atoms with van der Waals surface area (Å²) in [7, 11) is 1.35. The van der Waals surface area contributed by atoms with Crippen LogP contribution in [0.25, 0.3) is 0 Å². The van der Waals surface area contributed by atoms with E-state index in [1.165, 1.54) is 13.3 Å². The topological polar surface area (TPSA) is 64.4 Å². The molecule has 0 bridgehead atoms. The van der Waals surface area contributed by atoms with Gasteiger partial charge in [0, 0.05) is 12.1 Å². The molecule has 0 saturated carbocycles. The van der Waals surface area contributed by atoms with Gasteiger partial charge in [0.25, 0.3) is 5.91 Å². The summed E-state index contributed by atoms with van der Waals surface area (Å²) in [6, 6.07) is 7.30. The molecule has 1 amide bonds. The number of methoxy groups -OCH3 is 1. The third kappa shape index (κ3) is 2.21. The average molecular weight is 327 g/mol. The van der Waals surface area contributed by atoms with Crippen molar-refractivity contribution in [1.82, 2.24) is 14.5 Å². The lowest BCUT2D eigenvalue weighted by Gasteiger charge is -2.48. The third-order valence-corrected chi connectivity index (χ3v) is 4.75. The van der Waals surface area contributed by atoms with E-state index in [-0.39, 0.29) is 11.9 Å². The van der Waals surface area contributed by atoms with Gasteiger partial charge in [0.2, 0.25) is 0 Å². The number of fused-ring (bicyclic) bond motifs is 1. The van der Waals surface area contributed by atoms with Crippen molar-refractivity contribution in [3.63, 3.8) is 0 Å². The zero-order valence-electron chi connectivity index (χ0n) is 14.3. The highest BCUT2D eigenvalue weighted by atomic mass is 16.5. The minimum atomic E-state index is -0.524. The van der Waals surface area contributed by atoms with Gasteiger partial charge in [-0.3, -0.25) is 4.79 Å². The average Bonchev–Trinajstić information content (AvgIpc) is 3.03. The number of carbonyl (C=O) groups excluding carboxylic acids is 2. The standard InChI is InChI=1S/C18H21N3O3/c1-5-21-16(22)13-9-7-6-8-12(13)15(18(21,2)3)20-11-19-10-14(20)17(23)24-4/h6-11,15H,5H2,1-4H3/t15-/m0/s1. The van der Waals surface area contributed by atoms with E-state index in [0.717, 1.165) is 5.56 Å². The zero-order valence-corrected chi connectivity index (χ0v) is 14.3. The molecule has 0 spiro atoms. The molecule has 0 fully saturated rings. The van der Waals surface area contributed by atoms with Crippen LogP contribution in [-0.2, 0) is 4.74 Å². The van der Waals surface area contributed by atoms with Crippen LogP contribution in [0.15, 0.2) is 36.8 Å². The molecule has 24 heavy (non-hydrogen) atoms. The summed E-state index contributed by atoms with van der Waals surface area (Å²) in [4.78, 5) is 30.9. The SMILES string of the molecule is CCN1C(=O)c2ccccc2[C@H](n2cncc2C(=O)OC)C1(C)C. The highest BCUT2D eigenvalue weighted by Gasteiger charge is 2.46. The van der Waals surface area contributed by atoms with Gasteiger partial charge in [0.1, 0.15) is 5.69 Å². The largest absolute Gasteiger partial charge is 0.464 e. The van der Waals surface area contributed by atoms with Gasteiger partial charge in [0.15, 0.2) is 0 Å². The Morgan fingerprint density at radius 1 is 1.33 bits per heavy atom. The van der Waals surface area contributed by atoms with Crippen molar-refractivity contribution in [2.75, 3.05) is 13.7 Å². The fourth-order valence-electron chi connectivity index (χ4n) is 3.68. The highest BCUT2D eigenvalue weighted by Crippen LogP contribution is 2.42. The van der Waals surface area contributed by atoms with Gasteiger partial charge < -0.3 is 14.2 Å². The molecule has 1 atom stereocenters. The van der Waals surface area contributed by atoms with Crippen LogP contribution in [0.5, 0.6) is 0 Å². The second-order valence-corrected chi connectivity index (χ2v) is 6.37. The predicted molar refractivity (Wildman–Crippen MR) is 88.9 cm³/mol. The van der Waals surface area contributed by atoms with Gasteiger partial charge in [0.05, 0.1) is 31.2 Å². The molecule has 0 aliphatic carbocycles. The molecule has 126 valence electrons. The molecule has 0 radical (unpaired) electrons. The van der Waals surface area contributed by atoms with Gasteiger partial charge in [-0.25, -0.2) is 9.78 Å². The maximum atomic E-state index is 12.9. The maximum Gasteiger partial charge on any atom is 0.356 e. The number of benzene rings is 1. The van der Waals surface area contributed by atoms with Crippen LogP contribution in [0, 0.1) is 0 Å². The van der Waals surface area contributed by atoms with E-state index in [1.54, 1.807) is 10.9 Å². The number of nitrogens with zero attached hydrogens (tertiary/aromatic N) is 3. The Morgan fingerprint density at radius 2 is 2.04 bits per heavy atom. The first-order valence-electron chi connectivity index (χ1n) is 7.94. The molecule has 3 rings (SSSR count). The van der Waals surface area contributed by atoms with Crippen LogP contribution in [0.2, 0.25) is 0 Å². The lowest BCUT2D eigenvalue weighted by atomic mass is 9.79. The van der Waals surface area contributed by atoms with Crippen LogP contribution >= 0.6 is 0 Å². The van der Waals surface area contributed by atoms with Crippen molar-refractivity contribution < 1.29 is 14.3 Å². The molecule has 1 aromatic heterocycles. The lowest BCUT2D eigenvalue weighted by molar-refractivity contribution is 0.0400. The van der Waals surface area contributed by atoms with Crippen molar-refractivity contribution in [3.8, 4) is 0 Å². The van der Waals surface area contributed by atoms with E-state index in [4.69, 9.17) is 4.74 Å². The fourth-order valence-corrected chi connectivity index (χ4v) is 3.68. The van der Waals surface area contributed by atoms with Gasteiger partial charge >= 0.3 is 5.97 Å². The summed E-state index contributed by atoms with van der Waals surface area (Å²) in [5.74, 6) is -0.435. The maximum absolute atomic E-state index is 12.9. The van der Waals surface area contributed by atoms with Crippen LogP contribution < -0.4 is 0 Å². The number of rotatable bonds is 3. The Morgan fingerprint density at radius 3 is 2.71 bits per heavy atom. The van der Waals surface area contributed by atoms with Crippen LogP contribution in [0.1, 0.15) is 53.2 Å². The molecule has 6 nitrogen and oxygen atoms in total. The predicted octanol–water partition coefficient (Wildman–Crippen LogP) is 2.51. The number of amides is 1. The molecule has 1 aromatic carbocycles. The van der Waals surface area contributed by atoms with E-state index in [9.17, 15) is 9.59 Å². The number of ether oxygens (including phenoxy) is 1. The number of carbonyl (C=O) groups is 2. The summed E-state index contributed by atoms with van der Waals surface area (Å²) >= 11 is 0. The number of esters is 1. The first kappa shape index (κ1) is 16.2. The molecule has 1 aliphatic heterocycles. The number of aromatic nitrogens is 2. The summed E-state index contributed by atoms with van der Waals surface area (Å²) in [6.07, 6.45) is 3.12. The molecule has 2 heterocycles. The number of hydrogen-bond donors (Lipinski definition) is 0. The molecular weight excluding hydrogens is 306 g/mol. The number of imidazole rings is 1. The summed E-state index contributed by atoms with van der Waals surface area (Å²) in [6.45, 7) is 6.56. The lowest BCUT2D eigenvalue weighted by Crippen LogP contribution is -2.57. The van der Waals surface area contributed by atoms with Crippen molar-refractivity contribution in [2.45, 2.75) is 32.4 Å². The number of hydrogen-bond acceptors (Lipinski definition) is 4. The Labute approximate surface area is 141 Å². The van der Waals surface area contributed by atoms with Crippen molar-refractivity contribution in [2.24, 2.45) is 0 Å². The van der Waals surface area contributed by atoms with Crippen LogP contribution in [0.4, 0.5) is 0 Å². The quantitative estimate of drug-likeness (QED) is 0.813. The van der Waals surface area contributed by atoms with Gasteiger partial charge in [-0.15, -0.1) is 0 Å². The molecule has 0 N–H and O–H groups in total. The smallest absolute Gasteiger partial charge is 0.356 e. The fraction of sp³-hybridized carbons (Fsp3) is 0.389. The molecule has 1 aliphatic rings. The van der Waals surface area contributed by atoms with Crippen LogP contribution in [-0.4, -0.2) is 45.5 Å². The number of likely N-dealkylation sites (N-methyl/N-ethyl adjacent to an activating group) is 1. The molecular formula is C18H21N3O3. The summed E-state index contributed by atoms with van der Waals surface area (Å²) in [5, 5.41) is 0. The van der Waals surface area contributed by atoms with Gasteiger partial charge in [-0.2, -0.15) is 0 Å². The van der Waals surface area contributed by atoms with Crippen LogP contribution in [0.3, 0.4) is 0 Å². The first-order chi connectivity index (χ1) is 11.4. The van der Waals surface area contributed by atoms with E-state index in [0.29, 0.717) is 17.8 Å². The van der Waals surface area contributed by atoms with E-state index >= 15 is 0 Å². The molecule has 0 saturated heterocycles. The molecule has 2 aromatic rings. The van der Waals surface area contributed by atoms with E-state index < -0.39 is 11.5 Å². The highest BCUT2D eigenvalue weighted by molar-refractivity contribution is 5.98. The molecule has 0 unspecified atom stereocenters. The Kier molecular flexibility index (Phi) is 3.91. The Balaban J connectivity index is 2.26. The summed E-state index contributed by atoms with van der Waals surface area (Å²) < 4.78 is 6.68. The summed E-state index contributed by atoms with van der Waals surface area (Å²) in [5.41, 5.74) is 1.40. The third-order valence-electron chi connectivity index (χ3n) is 4.75. The van der Waals surface area contributed by atoms with Crippen molar-refractivity contribution >= 4 is 11.9 Å². The first-order valence-corrected chi connectivity index (χ1v) is 7.94. The minimum Gasteiger partial charge on any atom is -0.464 e. The van der Waals surface area contributed by atoms with Crippen molar-refractivity contribution in [1.29, 1.82) is 0 Å². The minimum absolute atomic E-state index is 0.00841. The van der Waals surface area contributed by atoms with E-state index in [1.807, 2.05) is 49.9 Å². The monoisotopic (exact) mass is 327 g/mol. The van der Waals surface area contributed by atoms with E-state index in [2.05, 4.69) is 4.98 Å². The van der Waals surface area contributed by atoms with Gasteiger partial charge in [-0.05, 0) is 32.4 Å². The normalized spacial score (nSPS) is 19.1. The van der Waals surface area contributed by atoms with Gasteiger partial charge in [-0.1, -0.05) is 18.2 Å². The van der Waals surface area contributed by atoms with Crippen molar-refractivity contribution in [3.05, 3.63) is 53.6 Å². The second-order valence-electron chi connectivity index (χ2n) is 6.37. The second kappa shape index (κ2) is 5.78. The Hall–Kier alpha value is -2.63.